The molecule has 80 valence electrons. The Kier molecular flexibility index (Phi) is 3.28. The fraction of sp³-hybridized carbons (Fsp3) is 0.385. The van der Waals surface area contributed by atoms with Crippen molar-refractivity contribution in [2.24, 2.45) is 0 Å². The molecule has 0 aromatic carbocycles. The van der Waals surface area contributed by atoms with Gasteiger partial charge in [-0.05, 0) is 30.7 Å². The average Bonchev–Trinajstić information content (AvgIpc) is 2.87. The molecular formula is C13H18N2. The number of hydrogen-bond donors (Lipinski definition) is 1. The van der Waals surface area contributed by atoms with Gasteiger partial charge in [0.25, 0.3) is 0 Å². The number of aryl methyl sites for hydroxylation is 1. The van der Waals surface area contributed by atoms with Crippen molar-refractivity contribution in [2.75, 3.05) is 0 Å². The number of aromatic nitrogens is 2. The van der Waals surface area contributed by atoms with E-state index in [1.807, 2.05) is 12.3 Å². The summed E-state index contributed by atoms with van der Waals surface area (Å²) in [6.45, 7) is 3.36. The van der Waals surface area contributed by atoms with E-state index in [0.717, 1.165) is 6.54 Å². The summed E-state index contributed by atoms with van der Waals surface area (Å²) in [5.41, 5.74) is 2.49. The minimum atomic E-state index is 1.12. The summed E-state index contributed by atoms with van der Waals surface area (Å²) >= 11 is 0. The molecule has 0 bridgehead atoms. The first-order valence-corrected chi connectivity index (χ1v) is 5.70. The molecular weight excluding hydrogens is 184 g/mol. The van der Waals surface area contributed by atoms with Crippen molar-refractivity contribution in [3.8, 4) is 11.4 Å². The second kappa shape index (κ2) is 4.87. The van der Waals surface area contributed by atoms with Crippen LogP contribution in [0.5, 0.6) is 0 Å². The summed E-state index contributed by atoms with van der Waals surface area (Å²) < 4.78 is 2.32. The number of unbranched alkanes of at least 4 members (excludes halogenated alkanes) is 2. The van der Waals surface area contributed by atoms with Gasteiger partial charge in [0.2, 0.25) is 0 Å². The van der Waals surface area contributed by atoms with Crippen LogP contribution in [0.25, 0.3) is 11.4 Å². The normalized spacial score (nSPS) is 10.7. The van der Waals surface area contributed by atoms with Gasteiger partial charge in [-0.1, -0.05) is 19.8 Å². The molecule has 2 heterocycles. The van der Waals surface area contributed by atoms with E-state index in [-0.39, 0.29) is 0 Å². The molecule has 0 unspecified atom stereocenters. The maximum absolute atomic E-state index is 3.25. The second-order valence-electron chi connectivity index (χ2n) is 3.88. The lowest BCUT2D eigenvalue weighted by Gasteiger charge is -2.07. The third-order valence-electron chi connectivity index (χ3n) is 2.71. The predicted octanol–water partition coefficient (Wildman–Crippen LogP) is 3.67. The molecule has 0 aliphatic carbocycles. The van der Waals surface area contributed by atoms with Gasteiger partial charge in [-0.2, -0.15) is 0 Å². The van der Waals surface area contributed by atoms with Crippen molar-refractivity contribution in [1.82, 2.24) is 9.55 Å². The van der Waals surface area contributed by atoms with Gasteiger partial charge in [0.15, 0.2) is 0 Å². The first kappa shape index (κ1) is 10.1. The highest BCUT2D eigenvalue weighted by Crippen LogP contribution is 2.18. The Labute approximate surface area is 90.9 Å². The van der Waals surface area contributed by atoms with Crippen LogP contribution in [0.4, 0.5) is 0 Å². The molecule has 0 atom stereocenters. The first-order chi connectivity index (χ1) is 7.42. The van der Waals surface area contributed by atoms with Crippen molar-refractivity contribution < 1.29 is 0 Å². The minimum Gasteiger partial charge on any atom is -0.360 e. The highest BCUT2D eigenvalue weighted by atomic mass is 15.0. The fourth-order valence-electron chi connectivity index (χ4n) is 1.88. The van der Waals surface area contributed by atoms with Gasteiger partial charge in [0.05, 0.1) is 11.4 Å². The molecule has 2 heteroatoms. The van der Waals surface area contributed by atoms with Gasteiger partial charge in [-0.25, -0.2) is 0 Å². The molecule has 0 spiro atoms. The van der Waals surface area contributed by atoms with E-state index in [4.69, 9.17) is 0 Å². The summed E-state index contributed by atoms with van der Waals surface area (Å²) in [5, 5.41) is 0. The molecule has 0 saturated heterocycles. The molecule has 15 heavy (non-hydrogen) atoms. The van der Waals surface area contributed by atoms with Crippen molar-refractivity contribution in [2.45, 2.75) is 32.7 Å². The Morgan fingerprint density at radius 3 is 2.87 bits per heavy atom. The summed E-state index contributed by atoms with van der Waals surface area (Å²) in [6, 6.07) is 8.43. The zero-order valence-corrected chi connectivity index (χ0v) is 9.24. The largest absolute Gasteiger partial charge is 0.360 e. The van der Waals surface area contributed by atoms with E-state index >= 15 is 0 Å². The summed E-state index contributed by atoms with van der Waals surface area (Å²) in [4.78, 5) is 3.25. The third kappa shape index (κ3) is 2.32. The minimum absolute atomic E-state index is 1.12. The van der Waals surface area contributed by atoms with Crippen molar-refractivity contribution in [1.29, 1.82) is 0 Å². The van der Waals surface area contributed by atoms with Crippen LogP contribution in [0.2, 0.25) is 0 Å². The van der Waals surface area contributed by atoms with E-state index in [1.54, 1.807) is 0 Å². The molecule has 2 rings (SSSR count). The Bertz CT molecular complexity index is 384. The molecule has 1 N–H and O–H groups in total. The van der Waals surface area contributed by atoms with Crippen molar-refractivity contribution in [3.05, 3.63) is 36.7 Å². The molecule has 2 aromatic heterocycles. The summed E-state index contributed by atoms with van der Waals surface area (Å²) in [5.74, 6) is 0. The Hall–Kier alpha value is -1.44. The van der Waals surface area contributed by atoms with Crippen LogP contribution in [0.3, 0.4) is 0 Å². The smallest absolute Gasteiger partial charge is 0.0645 e. The Morgan fingerprint density at radius 2 is 2.13 bits per heavy atom. The molecule has 0 aliphatic heterocycles. The summed E-state index contributed by atoms with van der Waals surface area (Å²) in [7, 11) is 0. The van der Waals surface area contributed by atoms with Crippen LogP contribution < -0.4 is 0 Å². The number of rotatable bonds is 5. The molecule has 0 amide bonds. The molecule has 0 fully saturated rings. The number of aromatic amines is 1. The standard InChI is InChI=1S/C13H18N2/c1-2-3-4-10-15-11-6-8-13(15)12-7-5-9-14-12/h5-9,11,14H,2-4,10H2,1H3. The second-order valence-corrected chi connectivity index (χ2v) is 3.88. The highest BCUT2D eigenvalue weighted by molar-refractivity contribution is 5.55. The third-order valence-corrected chi connectivity index (χ3v) is 2.71. The van der Waals surface area contributed by atoms with Crippen LogP contribution in [-0.4, -0.2) is 9.55 Å². The molecule has 2 aromatic rings. The van der Waals surface area contributed by atoms with Gasteiger partial charge >= 0.3 is 0 Å². The SMILES string of the molecule is CCCCCn1cccc1-c1ccc[nH]1. The van der Waals surface area contributed by atoms with Crippen LogP contribution in [0.1, 0.15) is 26.2 Å². The van der Waals surface area contributed by atoms with E-state index in [0.29, 0.717) is 0 Å². The lowest BCUT2D eigenvalue weighted by Crippen LogP contribution is -1.98. The molecule has 0 aliphatic rings. The zero-order valence-electron chi connectivity index (χ0n) is 9.24. The van der Waals surface area contributed by atoms with Gasteiger partial charge < -0.3 is 9.55 Å². The monoisotopic (exact) mass is 202 g/mol. The maximum Gasteiger partial charge on any atom is 0.0645 e. The predicted molar refractivity (Wildman–Crippen MR) is 63.7 cm³/mol. The lowest BCUT2D eigenvalue weighted by atomic mass is 10.2. The lowest BCUT2D eigenvalue weighted by molar-refractivity contribution is 0.608. The Balaban J connectivity index is 2.09. The molecule has 0 saturated carbocycles. The van der Waals surface area contributed by atoms with Crippen LogP contribution in [0, 0.1) is 0 Å². The number of nitrogens with one attached hydrogen (secondary N) is 1. The molecule has 0 radical (unpaired) electrons. The van der Waals surface area contributed by atoms with Gasteiger partial charge in [0.1, 0.15) is 0 Å². The van der Waals surface area contributed by atoms with E-state index < -0.39 is 0 Å². The van der Waals surface area contributed by atoms with E-state index in [9.17, 15) is 0 Å². The van der Waals surface area contributed by atoms with Gasteiger partial charge in [-0.3, -0.25) is 0 Å². The quantitative estimate of drug-likeness (QED) is 0.714. The van der Waals surface area contributed by atoms with Crippen LogP contribution in [0.15, 0.2) is 36.7 Å². The topological polar surface area (TPSA) is 20.7 Å². The number of nitrogens with zero attached hydrogens (tertiary/aromatic N) is 1. The van der Waals surface area contributed by atoms with Crippen LogP contribution >= 0.6 is 0 Å². The highest BCUT2D eigenvalue weighted by Gasteiger charge is 2.03. The number of hydrogen-bond acceptors (Lipinski definition) is 0. The Morgan fingerprint density at radius 1 is 1.20 bits per heavy atom. The zero-order chi connectivity index (χ0) is 10.5. The van der Waals surface area contributed by atoms with Crippen molar-refractivity contribution >= 4 is 0 Å². The van der Waals surface area contributed by atoms with Gasteiger partial charge in [-0.15, -0.1) is 0 Å². The van der Waals surface area contributed by atoms with Crippen molar-refractivity contribution in [3.63, 3.8) is 0 Å². The van der Waals surface area contributed by atoms with E-state index in [2.05, 4.69) is 40.9 Å². The maximum atomic E-state index is 3.25. The van der Waals surface area contributed by atoms with Crippen LogP contribution in [-0.2, 0) is 6.54 Å². The average molecular weight is 202 g/mol. The summed E-state index contributed by atoms with van der Waals surface area (Å²) in [6.07, 6.45) is 7.98. The number of H-pyrrole nitrogens is 1. The molecule has 2 nitrogen and oxygen atoms in total. The van der Waals surface area contributed by atoms with E-state index in [1.165, 1.54) is 30.7 Å². The first-order valence-electron chi connectivity index (χ1n) is 5.70. The fourth-order valence-corrected chi connectivity index (χ4v) is 1.88. The van der Waals surface area contributed by atoms with Gasteiger partial charge in [0, 0.05) is 18.9 Å².